The van der Waals surface area contributed by atoms with Crippen molar-refractivity contribution in [3.63, 3.8) is 0 Å². The molecule has 0 radical (unpaired) electrons. The number of hydrogen-bond acceptors (Lipinski definition) is 4. The number of imidazole rings is 1. The van der Waals surface area contributed by atoms with E-state index in [4.69, 9.17) is 5.73 Å². The topological polar surface area (TPSA) is 76.4 Å². The number of aromatic hydroxyl groups is 1. The summed E-state index contributed by atoms with van der Waals surface area (Å²) in [6.45, 7) is 0. The summed E-state index contributed by atoms with van der Waals surface area (Å²) in [6, 6.07) is 16.6. The predicted molar refractivity (Wildman–Crippen MR) is 83.2 cm³/mol. The van der Waals surface area contributed by atoms with Gasteiger partial charge in [0.25, 0.3) is 0 Å². The summed E-state index contributed by atoms with van der Waals surface area (Å²) in [5.41, 5.74) is 8.54. The Balaban J connectivity index is 1.96. The van der Waals surface area contributed by atoms with Crippen LogP contribution in [0.2, 0.25) is 0 Å². The molecular weight excluding hydrogens is 264 g/mol. The highest BCUT2D eigenvalue weighted by Crippen LogP contribution is 2.21. The summed E-state index contributed by atoms with van der Waals surface area (Å²) >= 11 is 0. The molecule has 104 valence electrons. The standard InChI is InChI=1S/C16H14N4O/c17-16-18-11-15(13-4-2-1-3-5-13)20(16)19-10-12-6-8-14(21)9-7-12/h1-11,21H,(H2,17,18). The minimum Gasteiger partial charge on any atom is -0.508 e. The molecule has 0 saturated heterocycles. The molecule has 0 fully saturated rings. The first-order valence-corrected chi connectivity index (χ1v) is 6.46. The van der Waals surface area contributed by atoms with E-state index in [2.05, 4.69) is 10.1 Å². The zero-order valence-corrected chi connectivity index (χ0v) is 11.2. The zero-order chi connectivity index (χ0) is 14.7. The van der Waals surface area contributed by atoms with Crippen LogP contribution in [-0.4, -0.2) is 21.0 Å². The number of phenols is 1. The van der Waals surface area contributed by atoms with Crippen molar-refractivity contribution in [2.24, 2.45) is 5.10 Å². The third kappa shape index (κ3) is 2.76. The molecule has 0 amide bonds. The zero-order valence-electron chi connectivity index (χ0n) is 11.2. The second-order valence-electron chi connectivity index (χ2n) is 4.52. The Morgan fingerprint density at radius 1 is 1.05 bits per heavy atom. The van der Waals surface area contributed by atoms with Crippen molar-refractivity contribution >= 4 is 12.2 Å². The van der Waals surface area contributed by atoms with Gasteiger partial charge < -0.3 is 10.8 Å². The van der Waals surface area contributed by atoms with Gasteiger partial charge in [-0.05, 0) is 29.8 Å². The summed E-state index contributed by atoms with van der Waals surface area (Å²) in [7, 11) is 0. The van der Waals surface area contributed by atoms with Gasteiger partial charge in [0.05, 0.1) is 18.1 Å². The van der Waals surface area contributed by atoms with Gasteiger partial charge in [-0.15, -0.1) is 0 Å². The van der Waals surface area contributed by atoms with Crippen LogP contribution in [0.1, 0.15) is 5.56 Å². The van der Waals surface area contributed by atoms with Crippen LogP contribution < -0.4 is 5.73 Å². The monoisotopic (exact) mass is 278 g/mol. The molecule has 5 heteroatoms. The number of anilines is 1. The van der Waals surface area contributed by atoms with E-state index in [1.807, 2.05) is 30.3 Å². The van der Waals surface area contributed by atoms with E-state index < -0.39 is 0 Å². The van der Waals surface area contributed by atoms with E-state index >= 15 is 0 Å². The van der Waals surface area contributed by atoms with Gasteiger partial charge in [0.15, 0.2) is 0 Å². The van der Waals surface area contributed by atoms with Gasteiger partial charge in [0.1, 0.15) is 5.75 Å². The van der Waals surface area contributed by atoms with Crippen LogP contribution in [0, 0.1) is 0 Å². The van der Waals surface area contributed by atoms with Crippen LogP contribution in [-0.2, 0) is 0 Å². The molecule has 2 aromatic carbocycles. The van der Waals surface area contributed by atoms with E-state index in [1.54, 1.807) is 41.4 Å². The summed E-state index contributed by atoms with van der Waals surface area (Å²) in [4.78, 5) is 4.11. The summed E-state index contributed by atoms with van der Waals surface area (Å²) in [5.74, 6) is 0.545. The Labute approximate surface area is 122 Å². The Kier molecular flexibility index (Phi) is 3.39. The van der Waals surface area contributed by atoms with E-state index in [9.17, 15) is 5.11 Å². The van der Waals surface area contributed by atoms with Crippen molar-refractivity contribution in [3.8, 4) is 17.0 Å². The molecule has 1 heterocycles. The second kappa shape index (κ2) is 5.50. The van der Waals surface area contributed by atoms with Crippen LogP contribution in [0.3, 0.4) is 0 Å². The quantitative estimate of drug-likeness (QED) is 0.723. The lowest BCUT2D eigenvalue weighted by molar-refractivity contribution is 0.475. The maximum atomic E-state index is 9.27. The smallest absolute Gasteiger partial charge is 0.221 e. The van der Waals surface area contributed by atoms with Crippen LogP contribution in [0.4, 0.5) is 5.95 Å². The number of nitrogens with two attached hydrogens (primary N) is 1. The predicted octanol–water partition coefficient (Wildman–Crippen LogP) is 2.72. The van der Waals surface area contributed by atoms with Gasteiger partial charge in [0.2, 0.25) is 5.95 Å². The maximum absolute atomic E-state index is 9.27. The van der Waals surface area contributed by atoms with E-state index in [0.717, 1.165) is 16.8 Å². The number of aromatic nitrogens is 2. The molecule has 0 atom stereocenters. The normalized spacial score (nSPS) is 11.0. The van der Waals surface area contributed by atoms with E-state index in [-0.39, 0.29) is 5.75 Å². The molecule has 1 aromatic heterocycles. The minimum atomic E-state index is 0.222. The molecule has 0 bridgehead atoms. The molecular formula is C16H14N4O. The van der Waals surface area contributed by atoms with Crippen molar-refractivity contribution < 1.29 is 5.11 Å². The molecule has 0 saturated carbocycles. The fourth-order valence-corrected chi connectivity index (χ4v) is 1.97. The molecule has 3 rings (SSSR count). The maximum Gasteiger partial charge on any atom is 0.221 e. The Hall–Kier alpha value is -3.08. The van der Waals surface area contributed by atoms with Crippen LogP contribution in [0.5, 0.6) is 5.75 Å². The van der Waals surface area contributed by atoms with E-state index in [0.29, 0.717) is 5.95 Å². The van der Waals surface area contributed by atoms with Gasteiger partial charge >= 0.3 is 0 Å². The summed E-state index contributed by atoms with van der Waals surface area (Å²) < 4.78 is 1.59. The highest BCUT2D eigenvalue weighted by atomic mass is 16.3. The van der Waals surface area contributed by atoms with Crippen LogP contribution >= 0.6 is 0 Å². The van der Waals surface area contributed by atoms with Gasteiger partial charge in [-0.1, -0.05) is 30.3 Å². The third-order valence-corrected chi connectivity index (χ3v) is 3.05. The van der Waals surface area contributed by atoms with Crippen molar-refractivity contribution in [1.29, 1.82) is 0 Å². The lowest BCUT2D eigenvalue weighted by Crippen LogP contribution is -2.00. The van der Waals surface area contributed by atoms with Crippen molar-refractivity contribution in [1.82, 2.24) is 9.66 Å². The summed E-state index contributed by atoms with van der Waals surface area (Å²) in [5, 5.41) is 13.6. The van der Waals surface area contributed by atoms with Gasteiger partial charge in [-0.3, -0.25) is 0 Å². The lowest BCUT2D eigenvalue weighted by atomic mass is 10.2. The first kappa shape index (κ1) is 12.9. The van der Waals surface area contributed by atoms with Gasteiger partial charge in [0, 0.05) is 5.56 Å². The van der Waals surface area contributed by atoms with Crippen LogP contribution in [0.25, 0.3) is 11.3 Å². The molecule has 0 aliphatic rings. The minimum absolute atomic E-state index is 0.222. The highest BCUT2D eigenvalue weighted by Gasteiger charge is 2.07. The molecule has 0 unspecified atom stereocenters. The number of nitrogen functional groups attached to an aromatic ring is 1. The molecule has 0 aliphatic carbocycles. The average Bonchev–Trinajstić information content (AvgIpc) is 2.89. The fraction of sp³-hybridized carbons (Fsp3) is 0. The first-order valence-electron chi connectivity index (χ1n) is 6.46. The molecule has 3 aromatic rings. The lowest BCUT2D eigenvalue weighted by Gasteiger charge is -2.03. The molecule has 3 N–H and O–H groups in total. The van der Waals surface area contributed by atoms with Gasteiger partial charge in [-0.25, -0.2) is 4.98 Å². The molecule has 5 nitrogen and oxygen atoms in total. The number of hydrogen-bond donors (Lipinski definition) is 2. The molecule has 21 heavy (non-hydrogen) atoms. The van der Waals surface area contributed by atoms with Crippen LogP contribution in [0.15, 0.2) is 65.9 Å². The fourth-order valence-electron chi connectivity index (χ4n) is 1.97. The van der Waals surface area contributed by atoms with Crippen molar-refractivity contribution in [2.45, 2.75) is 0 Å². The van der Waals surface area contributed by atoms with E-state index in [1.165, 1.54) is 0 Å². The van der Waals surface area contributed by atoms with Gasteiger partial charge in [-0.2, -0.15) is 9.78 Å². The molecule has 0 spiro atoms. The Morgan fingerprint density at radius 2 is 1.76 bits per heavy atom. The van der Waals surface area contributed by atoms with Crippen molar-refractivity contribution in [3.05, 3.63) is 66.4 Å². The number of phenolic OH excluding ortho intramolecular Hbond substituents is 1. The molecule has 0 aliphatic heterocycles. The Bertz CT molecular complexity index is 761. The largest absolute Gasteiger partial charge is 0.508 e. The highest BCUT2D eigenvalue weighted by molar-refractivity contribution is 5.80. The first-order chi connectivity index (χ1) is 10.2. The average molecular weight is 278 g/mol. The number of rotatable bonds is 3. The SMILES string of the molecule is Nc1ncc(-c2ccccc2)n1N=Cc1ccc(O)cc1. The summed E-state index contributed by atoms with van der Waals surface area (Å²) in [6.07, 6.45) is 3.36. The second-order valence-corrected chi connectivity index (χ2v) is 4.52. The number of benzene rings is 2. The third-order valence-electron chi connectivity index (χ3n) is 3.05. The number of nitrogens with zero attached hydrogens (tertiary/aromatic N) is 3. The van der Waals surface area contributed by atoms with Crippen molar-refractivity contribution in [2.75, 3.05) is 5.73 Å². The Morgan fingerprint density at radius 3 is 2.48 bits per heavy atom.